The summed E-state index contributed by atoms with van der Waals surface area (Å²) in [4.78, 5) is 19.3. The quantitative estimate of drug-likeness (QED) is 0.625. The molecule has 118 valence electrons. The van der Waals surface area contributed by atoms with Crippen molar-refractivity contribution in [1.82, 2.24) is 15.3 Å². The summed E-state index contributed by atoms with van der Waals surface area (Å²) in [6, 6.07) is 8.37. The van der Waals surface area contributed by atoms with Gasteiger partial charge in [-0.25, -0.2) is 9.37 Å². The lowest BCUT2D eigenvalue weighted by Crippen LogP contribution is -2.25. The van der Waals surface area contributed by atoms with Gasteiger partial charge in [-0.1, -0.05) is 11.6 Å². The molecule has 0 radical (unpaired) electrons. The lowest BCUT2D eigenvalue weighted by atomic mass is 10.1. The second-order valence-electron chi connectivity index (χ2n) is 4.56. The zero-order chi connectivity index (χ0) is 16.7. The van der Waals surface area contributed by atoms with E-state index in [1.54, 1.807) is 24.3 Å². The third-order valence-corrected chi connectivity index (χ3v) is 3.16. The molecule has 23 heavy (non-hydrogen) atoms. The van der Waals surface area contributed by atoms with Crippen LogP contribution >= 0.6 is 11.6 Å². The molecular weight excluding hydrogens is 321 g/mol. The van der Waals surface area contributed by atoms with Gasteiger partial charge in [-0.05, 0) is 30.7 Å². The van der Waals surface area contributed by atoms with Crippen molar-refractivity contribution >= 4 is 23.5 Å². The lowest BCUT2D eigenvalue weighted by Gasteiger charge is -2.07. The summed E-state index contributed by atoms with van der Waals surface area (Å²) >= 11 is 5.54. The topological polar surface area (TPSA) is 90.7 Å². The molecule has 1 aromatic carbocycles. The number of nitrogens with one attached hydrogen (secondary N) is 2. The Hall–Kier alpha value is -2.72. The Kier molecular flexibility index (Phi) is 5.83. The van der Waals surface area contributed by atoms with Crippen LogP contribution in [0.5, 0.6) is 0 Å². The van der Waals surface area contributed by atoms with Gasteiger partial charge in [0, 0.05) is 18.7 Å². The number of hydrogen-bond donors (Lipinski definition) is 2. The van der Waals surface area contributed by atoms with Crippen molar-refractivity contribution in [3.05, 3.63) is 52.6 Å². The number of anilines is 1. The first-order chi connectivity index (χ1) is 11.1. The molecule has 1 aromatic heterocycles. The summed E-state index contributed by atoms with van der Waals surface area (Å²) in [5.41, 5.74) is 0.995. The van der Waals surface area contributed by atoms with Crippen molar-refractivity contribution in [1.29, 1.82) is 5.26 Å². The Morgan fingerprint density at radius 3 is 2.70 bits per heavy atom. The molecule has 8 heteroatoms. The van der Waals surface area contributed by atoms with Crippen molar-refractivity contribution in [2.24, 2.45) is 0 Å². The number of benzene rings is 1. The predicted octanol–water partition coefficient (Wildman–Crippen LogP) is 2.37. The van der Waals surface area contributed by atoms with Crippen molar-refractivity contribution in [2.45, 2.75) is 6.42 Å². The monoisotopic (exact) mass is 333 g/mol. The maximum absolute atomic E-state index is 12.9. The van der Waals surface area contributed by atoms with Crippen LogP contribution in [-0.4, -0.2) is 29.0 Å². The largest absolute Gasteiger partial charge is 0.354 e. The maximum Gasteiger partial charge on any atom is 0.251 e. The summed E-state index contributed by atoms with van der Waals surface area (Å²) in [6.45, 7) is 0.941. The smallest absolute Gasteiger partial charge is 0.251 e. The van der Waals surface area contributed by atoms with Crippen molar-refractivity contribution in [3.8, 4) is 6.07 Å². The minimum Gasteiger partial charge on any atom is -0.354 e. The van der Waals surface area contributed by atoms with Crippen molar-refractivity contribution in [3.63, 3.8) is 0 Å². The van der Waals surface area contributed by atoms with E-state index in [9.17, 15) is 9.18 Å². The Balaban J connectivity index is 1.71. The molecule has 0 fully saturated rings. The Labute approximate surface area is 137 Å². The second-order valence-corrected chi connectivity index (χ2v) is 4.92. The maximum atomic E-state index is 12.9. The molecule has 0 aliphatic carbocycles. The van der Waals surface area contributed by atoms with Gasteiger partial charge in [0.15, 0.2) is 11.0 Å². The Morgan fingerprint density at radius 1 is 1.30 bits per heavy atom. The first-order valence-electron chi connectivity index (χ1n) is 6.80. The predicted molar refractivity (Wildman–Crippen MR) is 83.6 cm³/mol. The first-order valence-corrected chi connectivity index (χ1v) is 7.18. The summed E-state index contributed by atoms with van der Waals surface area (Å²) in [5.74, 6) is -0.655. The van der Waals surface area contributed by atoms with E-state index in [4.69, 9.17) is 16.9 Å². The number of halogens is 2. The molecule has 1 heterocycles. The van der Waals surface area contributed by atoms with Gasteiger partial charge < -0.3 is 10.6 Å². The molecule has 0 bridgehead atoms. The van der Waals surface area contributed by atoms with Crippen molar-refractivity contribution in [2.75, 3.05) is 18.4 Å². The van der Waals surface area contributed by atoms with Crippen LogP contribution in [0.15, 0.2) is 30.5 Å². The summed E-state index contributed by atoms with van der Waals surface area (Å²) in [7, 11) is 0. The zero-order valence-corrected chi connectivity index (χ0v) is 12.8. The average molecular weight is 334 g/mol. The molecule has 1 amide bonds. The fourth-order valence-electron chi connectivity index (χ4n) is 1.72. The molecule has 2 N–H and O–H groups in total. The zero-order valence-electron chi connectivity index (χ0n) is 12.0. The third-order valence-electron chi connectivity index (χ3n) is 2.90. The number of rotatable bonds is 6. The molecule has 2 rings (SSSR count). The number of amides is 1. The number of aromatic nitrogens is 2. The van der Waals surface area contributed by atoms with Crippen LogP contribution < -0.4 is 10.6 Å². The highest BCUT2D eigenvalue weighted by molar-refractivity contribution is 6.29. The summed E-state index contributed by atoms with van der Waals surface area (Å²) < 4.78 is 12.9. The SMILES string of the molecule is N#Cc1ccc(C(=O)NCCCNc2ncc(F)c(Cl)n2)cc1. The first kappa shape index (κ1) is 16.6. The van der Waals surface area contributed by atoms with Gasteiger partial charge in [0.2, 0.25) is 5.95 Å². The molecule has 0 saturated carbocycles. The standard InChI is InChI=1S/C15H13ClFN5O/c16-13-12(17)9-21-15(22-13)20-7-1-6-19-14(23)11-4-2-10(8-18)3-5-11/h2-5,9H,1,6-7H2,(H,19,23)(H,20,21,22). The van der Waals surface area contributed by atoms with Crippen LogP contribution in [0.25, 0.3) is 0 Å². The van der Waals surface area contributed by atoms with Gasteiger partial charge in [0.25, 0.3) is 5.91 Å². The van der Waals surface area contributed by atoms with Gasteiger partial charge >= 0.3 is 0 Å². The van der Waals surface area contributed by atoms with Gasteiger partial charge in [-0.2, -0.15) is 10.2 Å². The number of carbonyl (C=O) groups excluding carboxylic acids is 1. The minimum absolute atomic E-state index is 0.212. The van der Waals surface area contributed by atoms with E-state index in [1.807, 2.05) is 6.07 Å². The Morgan fingerprint density at radius 2 is 2.04 bits per heavy atom. The molecule has 0 saturated heterocycles. The van der Waals surface area contributed by atoms with Gasteiger partial charge in [-0.3, -0.25) is 4.79 Å². The van der Waals surface area contributed by atoms with E-state index in [0.717, 1.165) is 6.20 Å². The van der Waals surface area contributed by atoms with E-state index >= 15 is 0 Å². The van der Waals surface area contributed by atoms with Crippen LogP contribution in [0.2, 0.25) is 5.15 Å². The second kappa shape index (κ2) is 8.06. The minimum atomic E-state index is -0.674. The molecule has 0 spiro atoms. The fourth-order valence-corrected chi connectivity index (χ4v) is 1.85. The highest BCUT2D eigenvalue weighted by Gasteiger charge is 2.05. The molecule has 0 aliphatic heterocycles. The van der Waals surface area contributed by atoms with Crippen LogP contribution in [0.4, 0.5) is 10.3 Å². The van der Waals surface area contributed by atoms with Gasteiger partial charge in [0.1, 0.15) is 0 Å². The lowest BCUT2D eigenvalue weighted by molar-refractivity contribution is 0.0953. The van der Waals surface area contributed by atoms with Crippen LogP contribution in [0.3, 0.4) is 0 Å². The van der Waals surface area contributed by atoms with Crippen LogP contribution in [0, 0.1) is 17.1 Å². The highest BCUT2D eigenvalue weighted by atomic mass is 35.5. The van der Waals surface area contributed by atoms with E-state index in [0.29, 0.717) is 30.6 Å². The van der Waals surface area contributed by atoms with Crippen LogP contribution in [-0.2, 0) is 0 Å². The average Bonchev–Trinajstić information content (AvgIpc) is 2.57. The van der Waals surface area contributed by atoms with E-state index in [1.165, 1.54) is 0 Å². The molecule has 0 atom stereocenters. The molecule has 0 unspecified atom stereocenters. The molecule has 0 aliphatic rings. The van der Waals surface area contributed by atoms with E-state index in [-0.39, 0.29) is 17.0 Å². The van der Waals surface area contributed by atoms with Gasteiger partial charge in [-0.15, -0.1) is 0 Å². The molecular formula is C15H13ClFN5O. The van der Waals surface area contributed by atoms with Crippen LogP contribution in [0.1, 0.15) is 22.3 Å². The highest BCUT2D eigenvalue weighted by Crippen LogP contribution is 2.11. The number of carbonyl (C=O) groups is 1. The summed E-state index contributed by atoms with van der Waals surface area (Å²) in [6.07, 6.45) is 1.62. The normalized spacial score (nSPS) is 9.96. The Bertz CT molecular complexity index is 730. The molecule has 6 nitrogen and oxygen atoms in total. The third kappa shape index (κ3) is 4.90. The van der Waals surface area contributed by atoms with Crippen molar-refractivity contribution < 1.29 is 9.18 Å². The molecule has 2 aromatic rings. The number of nitriles is 1. The number of hydrogen-bond acceptors (Lipinski definition) is 5. The van der Waals surface area contributed by atoms with E-state index < -0.39 is 5.82 Å². The number of nitrogens with zero attached hydrogens (tertiary/aromatic N) is 3. The van der Waals surface area contributed by atoms with Gasteiger partial charge in [0.05, 0.1) is 17.8 Å². The fraction of sp³-hybridized carbons (Fsp3) is 0.200. The van der Waals surface area contributed by atoms with E-state index in [2.05, 4.69) is 20.6 Å². The summed E-state index contributed by atoms with van der Waals surface area (Å²) in [5, 5.41) is 14.1.